The van der Waals surface area contributed by atoms with Crippen molar-refractivity contribution in [2.75, 3.05) is 26.7 Å². The number of amides is 1. The van der Waals surface area contributed by atoms with Gasteiger partial charge in [0.25, 0.3) is 0 Å². The Bertz CT molecular complexity index is 294. The largest absolute Gasteiger partial charge is 0.469 e. The summed E-state index contributed by atoms with van der Waals surface area (Å²) in [5.41, 5.74) is 0. The van der Waals surface area contributed by atoms with E-state index in [2.05, 4.69) is 5.32 Å². The number of carbonyl (C=O) groups excluding carboxylic acids is 2. The third kappa shape index (κ3) is 3.43. The SMILES string of the molecule is COC(=O)C1CCN(C(=O)CNC2CC2)CC1. The fraction of sp³-hybridized carbons (Fsp3) is 0.833. The van der Waals surface area contributed by atoms with Crippen LogP contribution < -0.4 is 5.32 Å². The summed E-state index contributed by atoms with van der Waals surface area (Å²) in [6, 6.07) is 0.562. The van der Waals surface area contributed by atoms with E-state index < -0.39 is 0 Å². The van der Waals surface area contributed by atoms with E-state index in [1.54, 1.807) is 0 Å². The van der Waals surface area contributed by atoms with Crippen molar-refractivity contribution < 1.29 is 14.3 Å². The number of carbonyl (C=O) groups is 2. The molecular formula is C12H20N2O3. The number of hydrogen-bond acceptors (Lipinski definition) is 4. The van der Waals surface area contributed by atoms with Crippen molar-refractivity contribution in [3.8, 4) is 0 Å². The van der Waals surface area contributed by atoms with E-state index >= 15 is 0 Å². The molecule has 0 spiro atoms. The van der Waals surface area contributed by atoms with Crippen LogP contribution in [0.4, 0.5) is 0 Å². The summed E-state index contributed by atoms with van der Waals surface area (Å²) in [6.45, 7) is 1.78. The van der Waals surface area contributed by atoms with Gasteiger partial charge in [-0.25, -0.2) is 0 Å². The molecule has 1 aliphatic heterocycles. The molecule has 5 nitrogen and oxygen atoms in total. The zero-order valence-electron chi connectivity index (χ0n) is 10.3. The Morgan fingerprint density at radius 1 is 1.24 bits per heavy atom. The molecule has 2 rings (SSSR count). The van der Waals surface area contributed by atoms with E-state index in [-0.39, 0.29) is 17.8 Å². The summed E-state index contributed by atoms with van der Waals surface area (Å²) < 4.78 is 4.72. The van der Waals surface area contributed by atoms with Gasteiger partial charge in [-0.1, -0.05) is 0 Å². The molecule has 5 heteroatoms. The Balaban J connectivity index is 1.69. The van der Waals surface area contributed by atoms with E-state index in [0.29, 0.717) is 25.7 Å². The van der Waals surface area contributed by atoms with E-state index in [1.165, 1.54) is 20.0 Å². The summed E-state index contributed by atoms with van der Waals surface area (Å²) in [5.74, 6) is -0.0196. The number of piperidine rings is 1. The second-order valence-corrected chi connectivity index (χ2v) is 4.83. The van der Waals surface area contributed by atoms with Crippen LogP contribution in [0.25, 0.3) is 0 Å². The van der Waals surface area contributed by atoms with E-state index in [4.69, 9.17) is 4.74 Å². The third-order valence-corrected chi connectivity index (χ3v) is 3.50. The predicted molar refractivity (Wildman–Crippen MR) is 62.3 cm³/mol. The number of hydrogen-bond donors (Lipinski definition) is 1. The summed E-state index contributed by atoms with van der Waals surface area (Å²) in [4.78, 5) is 25.0. The molecule has 17 heavy (non-hydrogen) atoms. The molecule has 0 aromatic carbocycles. The monoisotopic (exact) mass is 240 g/mol. The van der Waals surface area contributed by atoms with Crippen LogP contribution in [0, 0.1) is 5.92 Å². The fourth-order valence-electron chi connectivity index (χ4n) is 2.16. The van der Waals surface area contributed by atoms with Gasteiger partial charge < -0.3 is 15.0 Å². The van der Waals surface area contributed by atoms with E-state index in [1.807, 2.05) is 4.90 Å². The average molecular weight is 240 g/mol. The van der Waals surface area contributed by atoms with Crippen LogP contribution in [0.15, 0.2) is 0 Å². The molecule has 1 heterocycles. The number of likely N-dealkylation sites (tertiary alicyclic amines) is 1. The Morgan fingerprint density at radius 2 is 1.88 bits per heavy atom. The number of rotatable bonds is 4. The van der Waals surface area contributed by atoms with Gasteiger partial charge in [0.15, 0.2) is 0 Å². The molecule has 0 atom stereocenters. The molecule has 1 amide bonds. The molecular weight excluding hydrogens is 220 g/mol. The van der Waals surface area contributed by atoms with Crippen LogP contribution in [0.2, 0.25) is 0 Å². The lowest BCUT2D eigenvalue weighted by molar-refractivity contribution is -0.148. The molecule has 1 saturated heterocycles. The first kappa shape index (κ1) is 12.4. The average Bonchev–Trinajstić information content (AvgIpc) is 3.19. The van der Waals surface area contributed by atoms with Crippen molar-refractivity contribution in [3.63, 3.8) is 0 Å². The molecule has 1 aliphatic carbocycles. The van der Waals surface area contributed by atoms with Gasteiger partial charge >= 0.3 is 5.97 Å². The highest BCUT2D eigenvalue weighted by atomic mass is 16.5. The van der Waals surface area contributed by atoms with E-state index in [9.17, 15) is 9.59 Å². The maximum absolute atomic E-state index is 11.8. The molecule has 1 saturated carbocycles. The highest BCUT2D eigenvalue weighted by molar-refractivity contribution is 5.79. The van der Waals surface area contributed by atoms with Crippen LogP contribution in [-0.4, -0.2) is 49.6 Å². The molecule has 0 radical (unpaired) electrons. The summed E-state index contributed by atoms with van der Waals surface area (Å²) in [6.07, 6.45) is 3.83. The summed E-state index contributed by atoms with van der Waals surface area (Å²) >= 11 is 0. The lowest BCUT2D eigenvalue weighted by Crippen LogP contribution is -2.44. The fourth-order valence-corrected chi connectivity index (χ4v) is 2.16. The standard InChI is InChI=1S/C12H20N2O3/c1-17-12(16)9-4-6-14(7-5-9)11(15)8-13-10-2-3-10/h9-10,13H,2-8H2,1H3. The lowest BCUT2D eigenvalue weighted by atomic mass is 9.97. The van der Waals surface area contributed by atoms with Gasteiger partial charge in [-0.3, -0.25) is 9.59 Å². The van der Waals surface area contributed by atoms with Gasteiger partial charge in [-0.2, -0.15) is 0 Å². The minimum Gasteiger partial charge on any atom is -0.469 e. The Hall–Kier alpha value is -1.10. The number of methoxy groups -OCH3 is 1. The van der Waals surface area contributed by atoms with Gasteiger partial charge in [-0.15, -0.1) is 0 Å². The quantitative estimate of drug-likeness (QED) is 0.711. The van der Waals surface area contributed by atoms with Crippen molar-refractivity contribution in [1.82, 2.24) is 10.2 Å². The van der Waals surface area contributed by atoms with Gasteiger partial charge in [0.05, 0.1) is 19.6 Å². The number of ether oxygens (including phenoxy) is 1. The molecule has 0 aromatic rings. The number of nitrogens with zero attached hydrogens (tertiary/aromatic N) is 1. The Labute approximate surface area is 101 Å². The van der Waals surface area contributed by atoms with Crippen molar-refractivity contribution in [3.05, 3.63) is 0 Å². The van der Waals surface area contributed by atoms with Crippen LogP contribution in [-0.2, 0) is 14.3 Å². The highest BCUT2D eigenvalue weighted by Crippen LogP contribution is 2.20. The van der Waals surface area contributed by atoms with Gasteiger partial charge in [0, 0.05) is 19.1 Å². The predicted octanol–water partition coefficient (Wildman–Crippen LogP) is 0.150. The van der Waals surface area contributed by atoms with Crippen LogP contribution in [0.1, 0.15) is 25.7 Å². The smallest absolute Gasteiger partial charge is 0.308 e. The van der Waals surface area contributed by atoms with Crippen LogP contribution >= 0.6 is 0 Å². The van der Waals surface area contributed by atoms with Crippen LogP contribution in [0.3, 0.4) is 0 Å². The maximum atomic E-state index is 11.8. The van der Waals surface area contributed by atoms with Crippen molar-refractivity contribution in [1.29, 1.82) is 0 Å². The van der Waals surface area contributed by atoms with Gasteiger partial charge in [-0.05, 0) is 25.7 Å². The second kappa shape index (κ2) is 5.49. The normalized spacial score (nSPS) is 21.4. The van der Waals surface area contributed by atoms with Crippen molar-refractivity contribution >= 4 is 11.9 Å². The molecule has 0 unspecified atom stereocenters. The minimum atomic E-state index is -0.145. The topological polar surface area (TPSA) is 58.6 Å². The lowest BCUT2D eigenvalue weighted by Gasteiger charge is -2.30. The minimum absolute atomic E-state index is 0.0274. The first-order valence-electron chi connectivity index (χ1n) is 6.29. The molecule has 0 aromatic heterocycles. The summed E-state index contributed by atoms with van der Waals surface area (Å²) in [7, 11) is 1.42. The summed E-state index contributed by atoms with van der Waals surface area (Å²) in [5, 5.41) is 3.22. The van der Waals surface area contributed by atoms with Crippen molar-refractivity contribution in [2.24, 2.45) is 5.92 Å². The zero-order valence-corrected chi connectivity index (χ0v) is 10.3. The molecule has 0 bridgehead atoms. The highest BCUT2D eigenvalue weighted by Gasteiger charge is 2.28. The second-order valence-electron chi connectivity index (χ2n) is 4.83. The van der Waals surface area contributed by atoms with Crippen molar-refractivity contribution in [2.45, 2.75) is 31.7 Å². The van der Waals surface area contributed by atoms with Crippen LogP contribution in [0.5, 0.6) is 0 Å². The molecule has 96 valence electrons. The zero-order chi connectivity index (χ0) is 12.3. The Kier molecular flexibility index (Phi) is 3.99. The first-order chi connectivity index (χ1) is 8.20. The molecule has 1 N–H and O–H groups in total. The van der Waals surface area contributed by atoms with E-state index in [0.717, 1.165) is 12.8 Å². The maximum Gasteiger partial charge on any atom is 0.308 e. The molecule has 2 aliphatic rings. The first-order valence-corrected chi connectivity index (χ1v) is 6.29. The number of esters is 1. The van der Waals surface area contributed by atoms with Gasteiger partial charge in [0.1, 0.15) is 0 Å². The third-order valence-electron chi connectivity index (χ3n) is 3.50. The number of nitrogens with one attached hydrogen (secondary N) is 1. The van der Waals surface area contributed by atoms with Gasteiger partial charge in [0.2, 0.25) is 5.91 Å². The Morgan fingerprint density at radius 3 is 2.41 bits per heavy atom. The molecule has 2 fully saturated rings.